The van der Waals surface area contributed by atoms with Crippen LogP contribution in [-0.2, 0) is 0 Å². The largest absolute Gasteiger partial charge is 0.455 e. The molecule has 0 fully saturated rings. The summed E-state index contributed by atoms with van der Waals surface area (Å²) in [6, 6.07) is 50.5. The third kappa shape index (κ3) is 4.81. The smallest absolute Gasteiger partial charge is 0.164 e. The average molecular weight is 577 g/mol. The Bertz CT molecular complexity index is 2310. The number of nitriles is 1. The van der Waals surface area contributed by atoms with Crippen LogP contribution in [0.5, 0.6) is 0 Å². The molecule has 0 N–H and O–H groups in total. The van der Waals surface area contributed by atoms with E-state index in [1.54, 1.807) is 0 Å². The third-order valence-corrected chi connectivity index (χ3v) is 7.98. The van der Waals surface area contributed by atoms with Gasteiger partial charge in [-0.3, -0.25) is 0 Å². The van der Waals surface area contributed by atoms with Gasteiger partial charge in [0.25, 0.3) is 0 Å². The Kier molecular flexibility index (Phi) is 6.44. The van der Waals surface area contributed by atoms with Gasteiger partial charge in [-0.05, 0) is 47.0 Å². The van der Waals surface area contributed by atoms with Crippen molar-refractivity contribution >= 4 is 21.9 Å². The maximum absolute atomic E-state index is 9.40. The van der Waals surface area contributed by atoms with Gasteiger partial charge in [0, 0.05) is 33.0 Å². The second-order valence-corrected chi connectivity index (χ2v) is 10.8. The number of nitrogens with zero attached hydrogens (tertiary/aromatic N) is 4. The molecule has 210 valence electrons. The van der Waals surface area contributed by atoms with Crippen LogP contribution in [0.4, 0.5) is 0 Å². The lowest BCUT2D eigenvalue weighted by Gasteiger charge is -2.13. The predicted octanol–water partition coefficient (Wildman–Crippen LogP) is 9.98. The first-order valence-electron chi connectivity index (χ1n) is 14.7. The van der Waals surface area contributed by atoms with Crippen LogP contribution >= 0.6 is 0 Å². The van der Waals surface area contributed by atoms with Gasteiger partial charge in [-0.1, -0.05) is 115 Å². The van der Waals surface area contributed by atoms with E-state index in [1.165, 1.54) is 0 Å². The van der Waals surface area contributed by atoms with Crippen molar-refractivity contribution in [2.75, 3.05) is 0 Å². The van der Waals surface area contributed by atoms with E-state index in [-0.39, 0.29) is 0 Å². The van der Waals surface area contributed by atoms with Crippen molar-refractivity contribution in [2.24, 2.45) is 0 Å². The zero-order valence-electron chi connectivity index (χ0n) is 24.1. The van der Waals surface area contributed by atoms with Crippen molar-refractivity contribution in [3.05, 3.63) is 151 Å². The van der Waals surface area contributed by atoms with Gasteiger partial charge < -0.3 is 4.42 Å². The fourth-order valence-electron chi connectivity index (χ4n) is 5.79. The highest BCUT2D eigenvalue weighted by Crippen LogP contribution is 2.42. The second kappa shape index (κ2) is 11.0. The summed E-state index contributed by atoms with van der Waals surface area (Å²) in [7, 11) is 0. The highest BCUT2D eigenvalue weighted by atomic mass is 16.3. The van der Waals surface area contributed by atoms with Gasteiger partial charge in [0.15, 0.2) is 17.5 Å². The minimum absolute atomic E-state index is 0.585. The van der Waals surface area contributed by atoms with E-state index in [4.69, 9.17) is 19.4 Å². The van der Waals surface area contributed by atoms with E-state index in [1.807, 2.05) is 115 Å². The van der Waals surface area contributed by atoms with Crippen LogP contribution in [0.3, 0.4) is 0 Å². The monoisotopic (exact) mass is 576 g/mol. The summed E-state index contributed by atoms with van der Waals surface area (Å²) in [4.78, 5) is 14.8. The van der Waals surface area contributed by atoms with E-state index in [2.05, 4.69) is 36.4 Å². The lowest BCUT2D eigenvalue weighted by Crippen LogP contribution is -2.00. The number of hydrogen-bond donors (Lipinski definition) is 0. The van der Waals surface area contributed by atoms with Gasteiger partial charge in [-0.25, -0.2) is 15.0 Å². The van der Waals surface area contributed by atoms with Crippen LogP contribution in [0.25, 0.3) is 78.4 Å². The van der Waals surface area contributed by atoms with Gasteiger partial charge in [-0.15, -0.1) is 0 Å². The maximum Gasteiger partial charge on any atom is 0.164 e. The summed E-state index contributed by atoms with van der Waals surface area (Å²) in [5.74, 6) is 1.81. The Morgan fingerprint density at radius 3 is 1.71 bits per heavy atom. The zero-order valence-corrected chi connectivity index (χ0v) is 24.1. The summed E-state index contributed by atoms with van der Waals surface area (Å²) in [5, 5.41) is 11.5. The number of furan rings is 1. The maximum atomic E-state index is 9.40. The molecule has 0 amide bonds. The molecule has 8 rings (SSSR count). The number of para-hydroxylation sites is 1. The van der Waals surface area contributed by atoms with Crippen LogP contribution in [0.1, 0.15) is 5.56 Å². The first-order chi connectivity index (χ1) is 22.2. The van der Waals surface area contributed by atoms with Crippen LogP contribution in [-0.4, -0.2) is 15.0 Å². The van der Waals surface area contributed by atoms with E-state index in [0.29, 0.717) is 23.0 Å². The van der Waals surface area contributed by atoms with Gasteiger partial charge in [0.05, 0.1) is 11.6 Å². The van der Waals surface area contributed by atoms with Crippen molar-refractivity contribution in [1.29, 1.82) is 5.26 Å². The quantitative estimate of drug-likeness (QED) is 0.204. The van der Waals surface area contributed by atoms with Crippen molar-refractivity contribution in [3.8, 4) is 62.5 Å². The second-order valence-electron chi connectivity index (χ2n) is 10.8. The lowest BCUT2D eigenvalue weighted by atomic mass is 9.91. The molecule has 0 saturated carbocycles. The van der Waals surface area contributed by atoms with Crippen LogP contribution in [0.15, 0.2) is 150 Å². The average Bonchev–Trinajstić information content (AvgIpc) is 3.51. The van der Waals surface area contributed by atoms with E-state index < -0.39 is 0 Å². The highest BCUT2D eigenvalue weighted by molar-refractivity contribution is 6.12. The number of rotatable bonds is 5. The molecule has 0 radical (unpaired) electrons. The van der Waals surface area contributed by atoms with Gasteiger partial charge in [0.1, 0.15) is 11.2 Å². The Morgan fingerprint density at radius 1 is 0.467 bits per heavy atom. The highest BCUT2D eigenvalue weighted by Gasteiger charge is 2.19. The van der Waals surface area contributed by atoms with Gasteiger partial charge >= 0.3 is 0 Å². The number of aromatic nitrogens is 3. The van der Waals surface area contributed by atoms with Crippen molar-refractivity contribution in [2.45, 2.75) is 0 Å². The predicted molar refractivity (Wildman–Crippen MR) is 179 cm³/mol. The molecule has 5 heteroatoms. The molecule has 5 nitrogen and oxygen atoms in total. The standard InChI is InChI=1S/C40H24N4O/c41-25-26-18-20-27(21-19-26)32-22-23-34-33-16-7-8-17-35(33)45-37(34)36(32)30-14-9-15-31(24-30)40-43-38(28-10-3-1-4-11-28)42-39(44-40)29-12-5-2-6-13-29/h1-24H. The normalized spacial score (nSPS) is 11.1. The number of fused-ring (bicyclic) bond motifs is 3. The Morgan fingerprint density at radius 2 is 1.04 bits per heavy atom. The fourth-order valence-corrected chi connectivity index (χ4v) is 5.79. The summed E-state index contributed by atoms with van der Waals surface area (Å²) >= 11 is 0. The molecule has 0 saturated heterocycles. The van der Waals surface area contributed by atoms with Crippen molar-refractivity contribution in [1.82, 2.24) is 15.0 Å². The topological polar surface area (TPSA) is 75.6 Å². The first-order valence-corrected chi connectivity index (χ1v) is 14.7. The molecule has 0 spiro atoms. The Labute approximate surface area is 259 Å². The van der Waals surface area contributed by atoms with E-state index >= 15 is 0 Å². The molecule has 0 unspecified atom stereocenters. The summed E-state index contributed by atoms with van der Waals surface area (Å²) < 4.78 is 6.55. The summed E-state index contributed by atoms with van der Waals surface area (Å²) in [5.41, 5.74) is 8.90. The van der Waals surface area contributed by atoms with Crippen molar-refractivity contribution < 1.29 is 4.42 Å². The molecule has 2 aromatic heterocycles. The van der Waals surface area contributed by atoms with Crippen molar-refractivity contribution in [3.63, 3.8) is 0 Å². The molecular formula is C40H24N4O. The fraction of sp³-hybridized carbons (Fsp3) is 0. The van der Waals surface area contributed by atoms with Gasteiger partial charge in [0.2, 0.25) is 0 Å². The molecule has 0 atom stereocenters. The lowest BCUT2D eigenvalue weighted by molar-refractivity contribution is 0.670. The third-order valence-electron chi connectivity index (χ3n) is 7.98. The molecule has 2 heterocycles. The summed E-state index contributed by atoms with van der Waals surface area (Å²) in [6.07, 6.45) is 0. The minimum atomic E-state index is 0.585. The first kappa shape index (κ1) is 26.3. The van der Waals surface area contributed by atoms with Gasteiger partial charge in [-0.2, -0.15) is 5.26 Å². The molecule has 0 aliphatic heterocycles. The van der Waals surface area contributed by atoms with Crippen LogP contribution in [0.2, 0.25) is 0 Å². The number of hydrogen-bond acceptors (Lipinski definition) is 5. The van der Waals surface area contributed by atoms with E-state index in [0.717, 1.165) is 60.9 Å². The molecule has 0 aliphatic rings. The minimum Gasteiger partial charge on any atom is -0.455 e. The molecule has 8 aromatic rings. The summed E-state index contributed by atoms with van der Waals surface area (Å²) in [6.45, 7) is 0. The van der Waals surface area contributed by atoms with E-state index in [9.17, 15) is 5.26 Å². The molecule has 0 aliphatic carbocycles. The zero-order chi connectivity index (χ0) is 30.2. The Balaban J connectivity index is 1.35. The Hall–Kier alpha value is -6.38. The SMILES string of the molecule is N#Cc1ccc(-c2ccc3c(oc4ccccc43)c2-c2cccc(-c3nc(-c4ccccc4)nc(-c4ccccc4)n3)c2)cc1. The van der Waals surface area contributed by atoms with Crippen LogP contribution in [0, 0.1) is 11.3 Å². The molecule has 0 bridgehead atoms. The molecule has 45 heavy (non-hydrogen) atoms. The number of benzene rings is 6. The molecule has 6 aromatic carbocycles. The molecular weight excluding hydrogens is 552 g/mol. The van der Waals surface area contributed by atoms with Crippen LogP contribution < -0.4 is 0 Å².